The molecule has 0 bridgehead atoms. The molecule has 1 amide bonds. The molecule has 1 fully saturated rings. The number of aromatic nitrogens is 1. The Morgan fingerprint density at radius 1 is 1.17 bits per heavy atom. The van der Waals surface area contributed by atoms with Gasteiger partial charge in [-0.3, -0.25) is 9.69 Å². The maximum absolute atomic E-state index is 12.7. The van der Waals surface area contributed by atoms with Gasteiger partial charge in [0.25, 0.3) is 0 Å². The molecule has 0 radical (unpaired) electrons. The van der Waals surface area contributed by atoms with Crippen LogP contribution in [0.25, 0.3) is 22.6 Å². The predicted octanol–water partition coefficient (Wildman–Crippen LogP) is 5.11. The fourth-order valence-corrected chi connectivity index (χ4v) is 3.73. The third-order valence-corrected chi connectivity index (χ3v) is 5.62. The van der Waals surface area contributed by atoms with Crippen LogP contribution in [-0.4, -0.2) is 35.4 Å². The largest absolute Gasteiger partial charge is 0.436 e. The lowest BCUT2D eigenvalue weighted by Crippen LogP contribution is -2.38. The second-order valence-electron chi connectivity index (χ2n) is 7.74. The fraction of sp³-hybridized carbons (Fsp3) is 0.333. The molecule has 150 valence electrons. The number of anilines is 1. The van der Waals surface area contributed by atoms with Crippen molar-refractivity contribution >= 4 is 22.7 Å². The summed E-state index contributed by atoms with van der Waals surface area (Å²) in [4.78, 5) is 19.6. The van der Waals surface area contributed by atoms with E-state index in [1.54, 1.807) is 0 Å². The number of allylic oxidation sites excluding steroid dienone is 1. The minimum atomic E-state index is 0.0777. The Labute approximate surface area is 171 Å². The number of carbonyl (C=O) groups excluding carboxylic acids is 1. The lowest BCUT2D eigenvalue weighted by molar-refractivity contribution is -0.121. The van der Waals surface area contributed by atoms with E-state index in [-0.39, 0.29) is 11.8 Å². The lowest BCUT2D eigenvalue weighted by Gasteiger charge is -2.31. The highest BCUT2D eigenvalue weighted by molar-refractivity contribution is 5.92. The first-order valence-corrected chi connectivity index (χ1v) is 10.2. The first-order chi connectivity index (χ1) is 14.1. The number of nitrogens with zero attached hydrogens (tertiary/aromatic N) is 2. The summed E-state index contributed by atoms with van der Waals surface area (Å²) < 4.78 is 5.81. The number of benzene rings is 2. The minimum absolute atomic E-state index is 0.0777. The minimum Gasteiger partial charge on any atom is -0.436 e. The average molecular weight is 389 g/mol. The third kappa shape index (κ3) is 4.57. The van der Waals surface area contributed by atoms with Gasteiger partial charge in [-0.25, -0.2) is 4.98 Å². The molecule has 3 aromatic rings. The molecule has 29 heavy (non-hydrogen) atoms. The van der Waals surface area contributed by atoms with Crippen molar-refractivity contribution in [2.24, 2.45) is 5.92 Å². The first kappa shape index (κ1) is 19.4. The van der Waals surface area contributed by atoms with E-state index in [1.807, 2.05) is 48.5 Å². The van der Waals surface area contributed by atoms with Gasteiger partial charge in [-0.15, -0.1) is 0 Å². The monoisotopic (exact) mass is 389 g/mol. The zero-order valence-corrected chi connectivity index (χ0v) is 17.0. The fourth-order valence-electron chi connectivity index (χ4n) is 3.73. The number of hydrogen-bond acceptors (Lipinski definition) is 4. The maximum Gasteiger partial charge on any atom is 0.227 e. The van der Waals surface area contributed by atoms with Crippen LogP contribution in [-0.2, 0) is 4.79 Å². The van der Waals surface area contributed by atoms with Gasteiger partial charge >= 0.3 is 0 Å². The van der Waals surface area contributed by atoms with Crippen LogP contribution < -0.4 is 5.32 Å². The summed E-state index contributed by atoms with van der Waals surface area (Å²) in [5, 5.41) is 3.06. The average Bonchev–Trinajstić information content (AvgIpc) is 3.19. The first-order valence-electron chi connectivity index (χ1n) is 10.2. The topological polar surface area (TPSA) is 58.4 Å². The van der Waals surface area contributed by atoms with Crippen molar-refractivity contribution in [3.63, 3.8) is 0 Å². The molecule has 0 spiro atoms. The Balaban J connectivity index is 1.35. The molecule has 1 aromatic heterocycles. The SMILES string of the molecule is C/C=C(\C)CN1CCC(C(=O)Nc2ccc(-c3nc4ccccc4o3)cc2)CC1. The molecule has 0 saturated carbocycles. The standard InChI is InChI=1S/C24H27N3O2/c1-3-17(2)16-27-14-12-18(13-15-27)23(28)25-20-10-8-19(9-11-20)24-26-21-6-4-5-7-22(21)29-24/h3-11,18H,12-16H2,1-2H3,(H,25,28)/b17-3+. The van der Waals surface area contributed by atoms with Crippen molar-refractivity contribution in [1.29, 1.82) is 0 Å². The molecule has 1 N–H and O–H groups in total. The summed E-state index contributed by atoms with van der Waals surface area (Å²) in [6.45, 7) is 7.18. The molecular weight excluding hydrogens is 362 g/mol. The number of fused-ring (bicyclic) bond motifs is 1. The van der Waals surface area contributed by atoms with Gasteiger partial charge < -0.3 is 9.73 Å². The Morgan fingerprint density at radius 2 is 1.90 bits per heavy atom. The van der Waals surface area contributed by atoms with E-state index < -0.39 is 0 Å². The van der Waals surface area contributed by atoms with Crippen molar-refractivity contribution in [2.45, 2.75) is 26.7 Å². The number of para-hydroxylation sites is 2. The van der Waals surface area contributed by atoms with Gasteiger partial charge in [0.15, 0.2) is 5.58 Å². The van der Waals surface area contributed by atoms with Crippen LogP contribution in [0, 0.1) is 5.92 Å². The Kier molecular flexibility index (Phi) is 5.76. The van der Waals surface area contributed by atoms with Gasteiger partial charge in [-0.2, -0.15) is 0 Å². The second-order valence-corrected chi connectivity index (χ2v) is 7.74. The van der Waals surface area contributed by atoms with Crippen LogP contribution in [0.1, 0.15) is 26.7 Å². The smallest absolute Gasteiger partial charge is 0.227 e. The highest BCUT2D eigenvalue weighted by Gasteiger charge is 2.25. The van der Waals surface area contributed by atoms with Gasteiger partial charge in [-0.05, 0) is 76.2 Å². The quantitative estimate of drug-likeness (QED) is 0.616. The van der Waals surface area contributed by atoms with Crippen LogP contribution in [0.15, 0.2) is 64.6 Å². The highest BCUT2D eigenvalue weighted by Crippen LogP contribution is 2.26. The van der Waals surface area contributed by atoms with Crippen molar-refractivity contribution < 1.29 is 9.21 Å². The lowest BCUT2D eigenvalue weighted by atomic mass is 9.95. The number of carbonyl (C=O) groups is 1. The molecule has 5 nitrogen and oxygen atoms in total. The van der Waals surface area contributed by atoms with Gasteiger partial charge in [0.05, 0.1) is 0 Å². The van der Waals surface area contributed by atoms with Crippen molar-refractivity contribution in [2.75, 3.05) is 25.0 Å². The number of hydrogen-bond donors (Lipinski definition) is 1. The summed E-state index contributed by atoms with van der Waals surface area (Å²) in [6, 6.07) is 15.4. The van der Waals surface area contributed by atoms with E-state index in [2.05, 4.69) is 35.1 Å². The molecular formula is C24H27N3O2. The molecule has 4 rings (SSSR count). The van der Waals surface area contributed by atoms with E-state index in [0.717, 1.165) is 54.8 Å². The van der Waals surface area contributed by atoms with E-state index in [0.29, 0.717) is 5.89 Å². The van der Waals surface area contributed by atoms with Crippen LogP contribution in [0.2, 0.25) is 0 Å². The number of nitrogens with one attached hydrogen (secondary N) is 1. The zero-order chi connectivity index (χ0) is 20.2. The Morgan fingerprint density at radius 3 is 2.59 bits per heavy atom. The van der Waals surface area contributed by atoms with Gasteiger partial charge in [-0.1, -0.05) is 23.8 Å². The summed E-state index contributed by atoms with van der Waals surface area (Å²) in [5.41, 5.74) is 4.70. The van der Waals surface area contributed by atoms with Crippen LogP contribution in [0.3, 0.4) is 0 Å². The van der Waals surface area contributed by atoms with Crippen molar-refractivity contribution in [3.05, 3.63) is 60.2 Å². The number of likely N-dealkylation sites (tertiary alicyclic amines) is 1. The van der Waals surface area contributed by atoms with Gasteiger partial charge in [0, 0.05) is 23.7 Å². The summed E-state index contributed by atoms with van der Waals surface area (Å²) in [6.07, 6.45) is 3.97. The number of amides is 1. The van der Waals surface area contributed by atoms with Gasteiger partial charge in [0.1, 0.15) is 5.52 Å². The van der Waals surface area contributed by atoms with Crippen LogP contribution in [0.5, 0.6) is 0 Å². The van der Waals surface area contributed by atoms with Gasteiger partial charge in [0.2, 0.25) is 11.8 Å². The molecule has 2 aromatic carbocycles. The Hall–Kier alpha value is -2.92. The second kappa shape index (κ2) is 8.62. The number of oxazole rings is 1. The third-order valence-electron chi connectivity index (χ3n) is 5.62. The maximum atomic E-state index is 12.7. The van der Waals surface area contributed by atoms with E-state index >= 15 is 0 Å². The van der Waals surface area contributed by atoms with E-state index in [1.165, 1.54) is 5.57 Å². The molecule has 1 saturated heterocycles. The summed E-state index contributed by atoms with van der Waals surface area (Å²) in [7, 11) is 0. The van der Waals surface area contributed by atoms with E-state index in [4.69, 9.17) is 4.42 Å². The molecule has 0 aliphatic carbocycles. The number of rotatable bonds is 5. The van der Waals surface area contributed by atoms with Crippen molar-refractivity contribution in [3.8, 4) is 11.5 Å². The highest BCUT2D eigenvalue weighted by atomic mass is 16.3. The summed E-state index contributed by atoms with van der Waals surface area (Å²) in [5.74, 6) is 0.781. The Bertz CT molecular complexity index is 979. The molecule has 0 atom stereocenters. The number of piperidine rings is 1. The van der Waals surface area contributed by atoms with Crippen molar-refractivity contribution in [1.82, 2.24) is 9.88 Å². The normalized spacial score (nSPS) is 16.3. The zero-order valence-electron chi connectivity index (χ0n) is 17.0. The predicted molar refractivity (Wildman–Crippen MR) is 117 cm³/mol. The molecule has 2 heterocycles. The van der Waals surface area contributed by atoms with Crippen LogP contribution >= 0.6 is 0 Å². The van der Waals surface area contributed by atoms with Crippen LogP contribution in [0.4, 0.5) is 5.69 Å². The molecule has 5 heteroatoms. The summed E-state index contributed by atoms with van der Waals surface area (Å²) >= 11 is 0. The molecule has 0 unspecified atom stereocenters. The molecule has 1 aliphatic rings. The van der Waals surface area contributed by atoms with E-state index in [9.17, 15) is 4.79 Å². The molecule has 1 aliphatic heterocycles.